The van der Waals surface area contributed by atoms with E-state index in [1.54, 1.807) is 24.3 Å². The molecule has 0 fully saturated rings. The molecule has 0 aliphatic carbocycles. The van der Waals surface area contributed by atoms with Gasteiger partial charge < -0.3 is 24.3 Å². The van der Waals surface area contributed by atoms with Crippen molar-refractivity contribution in [3.05, 3.63) is 60.9 Å². The zero-order valence-electron chi connectivity index (χ0n) is 17.7. The molecule has 1 aromatic heterocycles. The maximum Gasteiger partial charge on any atom is 0.234 e. The summed E-state index contributed by atoms with van der Waals surface area (Å²) in [5.41, 5.74) is 0.643. The van der Waals surface area contributed by atoms with Crippen LogP contribution >= 0.6 is 11.8 Å². The van der Waals surface area contributed by atoms with Crippen molar-refractivity contribution in [1.29, 1.82) is 0 Å². The Morgan fingerprint density at radius 2 is 1.88 bits per heavy atom. The lowest BCUT2D eigenvalue weighted by molar-refractivity contribution is -0.113. The molecule has 170 valence electrons. The van der Waals surface area contributed by atoms with Crippen LogP contribution < -0.4 is 24.3 Å². The third kappa shape index (κ3) is 4.61. The van der Waals surface area contributed by atoms with Crippen LogP contribution in [0.1, 0.15) is 11.9 Å². The van der Waals surface area contributed by atoms with Crippen LogP contribution in [0.25, 0.3) is 0 Å². The number of amides is 1. The Balaban J connectivity index is 1.25. The van der Waals surface area contributed by atoms with Gasteiger partial charge in [-0.1, -0.05) is 30.0 Å². The molecule has 3 heterocycles. The van der Waals surface area contributed by atoms with Crippen molar-refractivity contribution in [3.8, 4) is 23.0 Å². The molecular weight excluding hydrogens is 444 g/mol. The Morgan fingerprint density at radius 3 is 2.73 bits per heavy atom. The number of anilines is 1. The van der Waals surface area contributed by atoms with Crippen molar-refractivity contribution >= 4 is 23.4 Å². The standard InChI is InChI=1S/C23H22N4O5S/c1-2-9-27-22(20-13-31-16-5-3-4-6-18(16)32-20)25-26-23(27)33-14-21(28)24-15-7-8-17-19(12-15)30-11-10-29-17/h2-8,12,20H,1,9-11,13-14H2,(H,24,28)/t20-/m0/s1. The molecule has 0 unspecified atom stereocenters. The lowest BCUT2D eigenvalue weighted by Gasteiger charge is -2.26. The number of benzene rings is 2. The van der Waals surface area contributed by atoms with Crippen LogP contribution in [0.5, 0.6) is 23.0 Å². The number of hydrogen-bond acceptors (Lipinski definition) is 8. The topological polar surface area (TPSA) is 96.7 Å². The molecule has 1 atom stereocenters. The van der Waals surface area contributed by atoms with E-state index in [1.165, 1.54) is 11.8 Å². The Hall–Kier alpha value is -3.66. The van der Waals surface area contributed by atoms with Gasteiger partial charge >= 0.3 is 0 Å². The van der Waals surface area contributed by atoms with E-state index in [-0.39, 0.29) is 11.7 Å². The largest absolute Gasteiger partial charge is 0.486 e. The number of rotatable bonds is 7. The van der Waals surface area contributed by atoms with Gasteiger partial charge in [0.15, 0.2) is 40.1 Å². The first kappa shape index (κ1) is 21.2. The Labute approximate surface area is 194 Å². The highest BCUT2D eigenvalue weighted by molar-refractivity contribution is 7.99. The third-order valence-corrected chi connectivity index (χ3v) is 5.98. The fraction of sp³-hybridized carbons (Fsp3) is 0.261. The first-order valence-corrected chi connectivity index (χ1v) is 11.4. The van der Waals surface area contributed by atoms with E-state index in [2.05, 4.69) is 22.1 Å². The smallest absolute Gasteiger partial charge is 0.234 e. The number of aromatic nitrogens is 3. The zero-order valence-corrected chi connectivity index (χ0v) is 18.5. The van der Waals surface area contributed by atoms with Crippen LogP contribution in [0.4, 0.5) is 5.69 Å². The van der Waals surface area contributed by atoms with E-state index in [0.717, 1.165) is 0 Å². The van der Waals surface area contributed by atoms with Crippen LogP contribution in [-0.4, -0.2) is 46.2 Å². The Kier molecular flexibility index (Phi) is 6.07. The summed E-state index contributed by atoms with van der Waals surface area (Å²) in [5.74, 6) is 3.28. The van der Waals surface area contributed by atoms with Crippen molar-refractivity contribution < 1.29 is 23.7 Å². The van der Waals surface area contributed by atoms with Gasteiger partial charge in [-0.05, 0) is 24.3 Å². The number of nitrogens with zero attached hydrogens (tertiary/aromatic N) is 3. The molecule has 0 spiro atoms. The SMILES string of the molecule is C=CCn1c(SCC(=O)Nc2ccc3c(c2)OCCO3)nnc1[C@@H]1COc2ccccc2O1. The molecule has 2 aromatic carbocycles. The summed E-state index contributed by atoms with van der Waals surface area (Å²) in [4.78, 5) is 12.5. The molecule has 0 saturated heterocycles. The highest BCUT2D eigenvalue weighted by atomic mass is 32.2. The fourth-order valence-electron chi connectivity index (χ4n) is 3.54. The molecule has 9 nitrogen and oxygen atoms in total. The second-order valence-electron chi connectivity index (χ2n) is 7.30. The predicted octanol–water partition coefficient (Wildman–Crippen LogP) is 3.48. The van der Waals surface area contributed by atoms with E-state index in [9.17, 15) is 4.79 Å². The van der Waals surface area contributed by atoms with Crippen LogP contribution in [0.2, 0.25) is 0 Å². The minimum atomic E-state index is -0.409. The molecule has 0 saturated carbocycles. The molecule has 10 heteroatoms. The summed E-state index contributed by atoms with van der Waals surface area (Å²) in [7, 11) is 0. The molecular formula is C23H22N4O5S. The van der Waals surface area contributed by atoms with Crippen LogP contribution in [0, 0.1) is 0 Å². The molecule has 0 bridgehead atoms. The van der Waals surface area contributed by atoms with Gasteiger partial charge in [0.1, 0.15) is 19.8 Å². The second-order valence-corrected chi connectivity index (χ2v) is 8.24. The highest BCUT2D eigenvalue weighted by Crippen LogP contribution is 2.36. The van der Waals surface area contributed by atoms with Crippen molar-refractivity contribution in [2.24, 2.45) is 0 Å². The lowest BCUT2D eigenvalue weighted by atomic mass is 10.2. The molecule has 5 rings (SSSR count). The summed E-state index contributed by atoms with van der Waals surface area (Å²) < 4.78 is 24.9. The quantitative estimate of drug-likeness (QED) is 0.418. The summed E-state index contributed by atoms with van der Waals surface area (Å²) in [6, 6.07) is 12.8. The summed E-state index contributed by atoms with van der Waals surface area (Å²) in [6.45, 7) is 5.64. The van der Waals surface area contributed by atoms with E-state index in [4.69, 9.17) is 18.9 Å². The summed E-state index contributed by atoms with van der Waals surface area (Å²) in [5, 5.41) is 12.1. The van der Waals surface area contributed by atoms with Crippen molar-refractivity contribution in [2.45, 2.75) is 17.8 Å². The lowest BCUT2D eigenvalue weighted by Crippen LogP contribution is -2.25. The van der Waals surface area contributed by atoms with Gasteiger partial charge in [-0.15, -0.1) is 16.8 Å². The van der Waals surface area contributed by atoms with Crippen molar-refractivity contribution in [3.63, 3.8) is 0 Å². The Bertz CT molecular complexity index is 1180. The molecule has 33 heavy (non-hydrogen) atoms. The fourth-order valence-corrected chi connectivity index (χ4v) is 4.30. The number of para-hydroxylation sites is 2. The number of hydrogen-bond donors (Lipinski definition) is 1. The van der Waals surface area contributed by atoms with Gasteiger partial charge in [0.25, 0.3) is 0 Å². The maximum absolute atomic E-state index is 12.5. The normalized spacial score (nSPS) is 16.2. The van der Waals surface area contributed by atoms with Gasteiger partial charge in [-0.2, -0.15) is 0 Å². The third-order valence-electron chi connectivity index (χ3n) is 5.01. The van der Waals surface area contributed by atoms with Crippen LogP contribution in [0.15, 0.2) is 60.3 Å². The number of carbonyl (C=O) groups is 1. The van der Waals surface area contributed by atoms with Crippen LogP contribution in [-0.2, 0) is 11.3 Å². The van der Waals surface area contributed by atoms with Crippen LogP contribution in [0.3, 0.4) is 0 Å². The average molecular weight is 467 g/mol. The first-order chi connectivity index (χ1) is 16.2. The molecule has 2 aliphatic rings. The van der Waals surface area contributed by atoms with E-state index < -0.39 is 6.10 Å². The predicted molar refractivity (Wildman–Crippen MR) is 122 cm³/mol. The van der Waals surface area contributed by atoms with E-state index in [1.807, 2.05) is 28.8 Å². The molecule has 3 aromatic rings. The Morgan fingerprint density at radius 1 is 1.09 bits per heavy atom. The van der Waals surface area contributed by atoms with E-state index >= 15 is 0 Å². The van der Waals surface area contributed by atoms with Gasteiger partial charge in [0, 0.05) is 18.3 Å². The summed E-state index contributed by atoms with van der Waals surface area (Å²) >= 11 is 1.29. The number of nitrogens with one attached hydrogen (secondary N) is 1. The van der Waals surface area contributed by atoms with Gasteiger partial charge in [-0.25, -0.2) is 0 Å². The van der Waals surface area contributed by atoms with Gasteiger partial charge in [0.05, 0.1) is 5.75 Å². The number of carbonyl (C=O) groups excluding carboxylic acids is 1. The minimum absolute atomic E-state index is 0.161. The monoisotopic (exact) mass is 466 g/mol. The number of allylic oxidation sites excluding steroid dienone is 1. The zero-order chi connectivity index (χ0) is 22.6. The van der Waals surface area contributed by atoms with E-state index in [0.29, 0.717) is 66.0 Å². The van der Waals surface area contributed by atoms with Gasteiger partial charge in [0.2, 0.25) is 5.91 Å². The average Bonchev–Trinajstić information content (AvgIpc) is 3.25. The highest BCUT2D eigenvalue weighted by Gasteiger charge is 2.28. The molecule has 0 radical (unpaired) electrons. The maximum atomic E-state index is 12.5. The molecule has 1 amide bonds. The first-order valence-electron chi connectivity index (χ1n) is 10.5. The van der Waals surface area contributed by atoms with Crippen molar-refractivity contribution in [2.75, 3.05) is 30.9 Å². The van der Waals surface area contributed by atoms with Gasteiger partial charge in [-0.3, -0.25) is 9.36 Å². The van der Waals surface area contributed by atoms with Crippen molar-refractivity contribution in [1.82, 2.24) is 14.8 Å². The second kappa shape index (κ2) is 9.45. The number of thioether (sulfide) groups is 1. The molecule has 1 N–H and O–H groups in total. The number of ether oxygens (including phenoxy) is 4. The summed E-state index contributed by atoms with van der Waals surface area (Å²) in [6.07, 6.45) is 1.34. The minimum Gasteiger partial charge on any atom is -0.486 e. The number of fused-ring (bicyclic) bond motifs is 2. The molecule has 2 aliphatic heterocycles.